The molecule has 12 heteroatoms. The number of rotatable bonds is 13. The summed E-state index contributed by atoms with van der Waals surface area (Å²) in [6.45, 7) is 3.80. The molecule has 7 rings (SSSR count). The first-order valence-corrected chi connectivity index (χ1v) is 17.5. The van der Waals surface area contributed by atoms with Gasteiger partial charge in [-0.3, -0.25) is 9.55 Å². The fourth-order valence-electron chi connectivity index (χ4n) is 6.55. The van der Waals surface area contributed by atoms with Crippen LogP contribution in [-0.2, 0) is 23.0 Å². The van der Waals surface area contributed by atoms with Crippen molar-refractivity contribution in [2.24, 2.45) is 5.92 Å². The van der Waals surface area contributed by atoms with Gasteiger partial charge < -0.3 is 14.4 Å². The number of sulfonamides is 1. The number of aryl methyl sites for hydroxylation is 1. The van der Waals surface area contributed by atoms with Crippen LogP contribution in [0.15, 0.2) is 47.8 Å². The Balaban J connectivity index is 1.30. The number of alkyl halides is 1. The highest BCUT2D eigenvalue weighted by atomic mass is 32.2. The molecule has 0 aliphatic heterocycles. The summed E-state index contributed by atoms with van der Waals surface area (Å²) in [6, 6.07) is 9.37. The third-order valence-corrected chi connectivity index (χ3v) is 10.8. The number of benzene rings is 2. The highest BCUT2D eigenvalue weighted by molar-refractivity contribution is 7.89. The van der Waals surface area contributed by atoms with E-state index in [9.17, 15) is 12.8 Å². The summed E-state index contributed by atoms with van der Waals surface area (Å²) in [5.74, 6) is 3.12. The minimum Gasteiger partial charge on any atom is -0.497 e. The summed E-state index contributed by atoms with van der Waals surface area (Å²) in [5.41, 5.74) is 2.21. The molecule has 0 unspecified atom stereocenters. The lowest BCUT2D eigenvalue weighted by molar-refractivity contribution is 0.221. The lowest BCUT2D eigenvalue weighted by Crippen LogP contribution is -2.35. The molecule has 46 heavy (non-hydrogen) atoms. The Kier molecular flexibility index (Phi) is 7.91. The first-order chi connectivity index (χ1) is 22.0. The first kappa shape index (κ1) is 30.9. The molecular weight excluding hydrogens is 607 g/mol. The number of nitrogens with one attached hydrogen (secondary N) is 1. The van der Waals surface area contributed by atoms with Crippen LogP contribution in [0.2, 0.25) is 0 Å². The Labute approximate surface area is 269 Å². The molecule has 0 radical (unpaired) electrons. The molecule has 2 heterocycles. The molecule has 4 aromatic rings. The number of nitrogens with zero attached hydrogens (tertiary/aromatic N) is 5. The fraction of sp³-hybridized carbons (Fsp3) is 0.500. The zero-order valence-corrected chi connectivity index (χ0v) is 27.6. The lowest BCUT2D eigenvalue weighted by Gasteiger charge is -2.27. The van der Waals surface area contributed by atoms with Crippen LogP contribution in [-0.4, -0.2) is 61.1 Å². The maximum Gasteiger partial charge on any atom is 0.241 e. The highest BCUT2D eigenvalue weighted by Crippen LogP contribution is 2.45. The number of fused-ring (bicyclic) bond motifs is 3. The normalized spacial score (nSPS) is 18.2. The quantitative estimate of drug-likeness (QED) is 0.197. The minimum absolute atomic E-state index is 0.161. The minimum atomic E-state index is -4.04. The summed E-state index contributed by atoms with van der Waals surface area (Å²) in [5, 5.41) is 10.5. The smallest absolute Gasteiger partial charge is 0.241 e. The van der Waals surface area contributed by atoms with Crippen LogP contribution < -0.4 is 19.1 Å². The van der Waals surface area contributed by atoms with Crippen LogP contribution in [0.1, 0.15) is 80.3 Å². The molecule has 10 nitrogen and oxygen atoms in total. The van der Waals surface area contributed by atoms with Crippen molar-refractivity contribution in [2.45, 2.75) is 81.4 Å². The number of pyridine rings is 1. The molecule has 0 spiro atoms. The fourth-order valence-corrected chi connectivity index (χ4v) is 7.98. The number of methoxy groups -OCH3 is 2. The van der Waals surface area contributed by atoms with Crippen LogP contribution in [0.3, 0.4) is 0 Å². The van der Waals surface area contributed by atoms with E-state index in [4.69, 9.17) is 14.5 Å². The van der Waals surface area contributed by atoms with Crippen molar-refractivity contribution in [3.8, 4) is 11.5 Å². The van der Waals surface area contributed by atoms with Crippen molar-refractivity contribution >= 4 is 26.7 Å². The van der Waals surface area contributed by atoms with Gasteiger partial charge in [0.05, 0.1) is 25.2 Å². The van der Waals surface area contributed by atoms with E-state index in [1.807, 2.05) is 30.5 Å². The van der Waals surface area contributed by atoms with Gasteiger partial charge in [0, 0.05) is 59.8 Å². The van der Waals surface area contributed by atoms with Gasteiger partial charge in [-0.1, -0.05) is 0 Å². The summed E-state index contributed by atoms with van der Waals surface area (Å²) in [7, 11) is -0.746. The second-order valence-electron chi connectivity index (χ2n) is 13.5. The second kappa shape index (κ2) is 11.8. The molecule has 2 fully saturated rings. The van der Waals surface area contributed by atoms with E-state index in [1.165, 1.54) is 26.7 Å². The average molecular weight is 649 g/mol. The molecule has 3 aliphatic carbocycles. The highest BCUT2D eigenvalue weighted by Gasteiger charge is 2.35. The van der Waals surface area contributed by atoms with Gasteiger partial charge in [0.2, 0.25) is 16.0 Å². The largest absolute Gasteiger partial charge is 0.497 e. The third kappa shape index (κ3) is 6.16. The van der Waals surface area contributed by atoms with Crippen LogP contribution >= 0.6 is 0 Å². The molecule has 1 atom stereocenters. The summed E-state index contributed by atoms with van der Waals surface area (Å²) < 4.78 is 57.9. The van der Waals surface area contributed by atoms with Crippen LogP contribution in [0.25, 0.3) is 10.8 Å². The standard InChI is InChI=1S/C34H41FN6O4S/c1-34(2,35)19-38-46(42,43)32-15-26-25(28-16-36-29(14-27(28)32)22-7-8-22)11-12-30(26)41-20-37-39-33(41)40(17-21-5-6-21)18-23-9-10-24(44-3)13-31(23)45-4/h9-10,13-16,20-22,30,38H,5-8,11-12,17-19H2,1-4H3/t30-/m1/s1. The maximum atomic E-state index is 14.5. The SMILES string of the molecule is COc1ccc(CN(CC2CC2)c2nncn2[C@@H]2CCc3c2cc(S(=O)(=O)NCC(C)(C)F)c2cc(C4CC4)ncc32)c(OC)c1. The molecule has 2 saturated carbocycles. The maximum absolute atomic E-state index is 14.5. The molecule has 0 amide bonds. The van der Waals surface area contributed by atoms with E-state index in [2.05, 4.69) is 24.4 Å². The third-order valence-electron chi connectivity index (χ3n) is 9.35. The topological polar surface area (TPSA) is 111 Å². The van der Waals surface area contributed by atoms with Crippen molar-refractivity contribution in [3.05, 3.63) is 65.2 Å². The number of aromatic nitrogens is 4. The molecular formula is C34H41FN6O4S. The number of ether oxygens (including phenoxy) is 2. The molecule has 2 aromatic heterocycles. The zero-order valence-electron chi connectivity index (χ0n) is 26.8. The van der Waals surface area contributed by atoms with Crippen molar-refractivity contribution in [1.82, 2.24) is 24.5 Å². The zero-order chi connectivity index (χ0) is 32.2. The van der Waals surface area contributed by atoms with Gasteiger partial charge in [0.15, 0.2) is 0 Å². The van der Waals surface area contributed by atoms with E-state index < -0.39 is 15.7 Å². The van der Waals surface area contributed by atoms with Crippen LogP contribution in [0.5, 0.6) is 11.5 Å². The number of halogens is 1. The lowest BCUT2D eigenvalue weighted by atomic mass is 10.00. The molecule has 2 aromatic carbocycles. The Bertz CT molecular complexity index is 1880. The van der Waals surface area contributed by atoms with E-state index in [1.54, 1.807) is 26.6 Å². The predicted molar refractivity (Wildman–Crippen MR) is 174 cm³/mol. The molecule has 0 saturated heterocycles. The average Bonchev–Trinajstić information content (AvgIpc) is 3.96. The Hall–Kier alpha value is -3.77. The summed E-state index contributed by atoms with van der Waals surface area (Å²) >= 11 is 0. The van der Waals surface area contributed by atoms with E-state index in [-0.39, 0.29) is 17.5 Å². The van der Waals surface area contributed by atoms with Gasteiger partial charge in [-0.2, -0.15) is 0 Å². The van der Waals surface area contributed by atoms with Crippen LogP contribution in [0, 0.1) is 5.92 Å². The van der Waals surface area contributed by atoms with Gasteiger partial charge in [-0.05, 0) is 93.7 Å². The molecule has 0 bridgehead atoms. The van der Waals surface area contributed by atoms with Gasteiger partial charge >= 0.3 is 0 Å². The Morgan fingerprint density at radius 2 is 1.87 bits per heavy atom. The predicted octanol–water partition coefficient (Wildman–Crippen LogP) is 5.70. The summed E-state index contributed by atoms with van der Waals surface area (Å²) in [4.78, 5) is 7.18. The monoisotopic (exact) mass is 648 g/mol. The van der Waals surface area contributed by atoms with Crippen molar-refractivity contribution in [2.75, 3.05) is 32.2 Å². The van der Waals surface area contributed by atoms with E-state index in [0.29, 0.717) is 23.8 Å². The summed E-state index contributed by atoms with van der Waals surface area (Å²) in [6.07, 6.45) is 9.55. The first-order valence-electron chi connectivity index (χ1n) is 16.0. The van der Waals surface area contributed by atoms with Crippen molar-refractivity contribution < 1.29 is 22.3 Å². The second-order valence-corrected chi connectivity index (χ2v) is 15.2. The van der Waals surface area contributed by atoms with Gasteiger partial charge in [-0.25, -0.2) is 17.5 Å². The Morgan fingerprint density at radius 1 is 1.07 bits per heavy atom. The van der Waals surface area contributed by atoms with Crippen LogP contribution in [0.4, 0.5) is 10.3 Å². The van der Waals surface area contributed by atoms with E-state index >= 15 is 0 Å². The molecule has 1 N–H and O–H groups in total. The molecule has 244 valence electrons. The molecule has 3 aliphatic rings. The number of hydrogen-bond acceptors (Lipinski definition) is 8. The van der Waals surface area contributed by atoms with E-state index in [0.717, 1.165) is 77.4 Å². The van der Waals surface area contributed by atoms with Crippen molar-refractivity contribution in [3.63, 3.8) is 0 Å². The van der Waals surface area contributed by atoms with Gasteiger partial charge in [0.25, 0.3) is 0 Å². The van der Waals surface area contributed by atoms with Gasteiger partial charge in [-0.15, -0.1) is 10.2 Å². The van der Waals surface area contributed by atoms with Gasteiger partial charge in [0.1, 0.15) is 23.5 Å². The Morgan fingerprint density at radius 3 is 2.57 bits per heavy atom. The number of anilines is 1. The van der Waals surface area contributed by atoms with Crippen molar-refractivity contribution in [1.29, 1.82) is 0 Å². The number of hydrogen-bond donors (Lipinski definition) is 1.